The number of nitrogens with two attached hydrogens (primary N) is 1. The molecule has 0 aliphatic heterocycles. The lowest BCUT2D eigenvalue weighted by Gasteiger charge is -2.11. The van der Waals surface area contributed by atoms with E-state index in [0.29, 0.717) is 0 Å². The van der Waals surface area contributed by atoms with Gasteiger partial charge in [0.25, 0.3) is 0 Å². The van der Waals surface area contributed by atoms with Gasteiger partial charge in [0.1, 0.15) is 0 Å². The minimum Gasteiger partial charge on any atom is -0.399 e. The molecule has 0 saturated carbocycles. The van der Waals surface area contributed by atoms with Crippen molar-refractivity contribution < 1.29 is 0 Å². The minimum absolute atomic E-state index is 0.782. The van der Waals surface area contributed by atoms with Gasteiger partial charge >= 0.3 is 0 Å². The van der Waals surface area contributed by atoms with Crippen LogP contribution >= 0.6 is 0 Å². The van der Waals surface area contributed by atoms with Crippen LogP contribution in [0.15, 0.2) is 121 Å². The van der Waals surface area contributed by atoms with Crippen molar-refractivity contribution in [2.45, 2.75) is 0 Å². The summed E-state index contributed by atoms with van der Waals surface area (Å²) in [4.78, 5) is 0. The summed E-state index contributed by atoms with van der Waals surface area (Å²) in [5.74, 6) is 0. The largest absolute Gasteiger partial charge is 0.399 e. The molecule has 152 valence electrons. The molecular formula is C30H22N2. The van der Waals surface area contributed by atoms with E-state index in [2.05, 4.69) is 114 Å². The van der Waals surface area contributed by atoms with Crippen molar-refractivity contribution in [2.75, 3.05) is 5.73 Å². The summed E-state index contributed by atoms with van der Waals surface area (Å²) in [7, 11) is 0. The second kappa shape index (κ2) is 7.44. The lowest BCUT2D eigenvalue weighted by atomic mass is 10.0. The minimum atomic E-state index is 0.782. The summed E-state index contributed by atoms with van der Waals surface area (Å²) in [6.07, 6.45) is 0. The number of aromatic nitrogens is 1. The van der Waals surface area contributed by atoms with Gasteiger partial charge < -0.3 is 10.3 Å². The third-order valence-electron chi connectivity index (χ3n) is 6.13. The highest BCUT2D eigenvalue weighted by Crippen LogP contribution is 2.35. The molecule has 0 spiro atoms. The smallest absolute Gasteiger partial charge is 0.0541 e. The molecule has 1 heterocycles. The van der Waals surface area contributed by atoms with Gasteiger partial charge in [0.05, 0.1) is 11.0 Å². The van der Waals surface area contributed by atoms with Crippen LogP contribution in [0.25, 0.3) is 49.7 Å². The first kappa shape index (κ1) is 18.5. The molecule has 0 aliphatic rings. The standard InChI is InChI=1S/C30H22N2/c31-25-16-13-22(14-17-25)24-15-18-30-28(20-24)27-11-4-5-12-29(27)32(30)26-10-6-9-23(19-26)21-7-2-1-3-8-21/h1-20H,31H2. The van der Waals surface area contributed by atoms with Gasteiger partial charge in [-0.2, -0.15) is 0 Å². The summed E-state index contributed by atoms with van der Waals surface area (Å²) in [5.41, 5.74) is 15.1. The van der Waals surface area contributed by atoms with Gasteiger partial charge in [-0.3, -0.25) is 0 Å². The maximum atomic E-state index is 5.89. The van der Waals surface area contributed by atoms with E-state index in [9.17, 15) is 0 Å². The average molecular weight is 411 g/mol. The highest BCUT2D eigenvalue weighted by atomic mass is 15.0. The van der Waals surface area contributed by atoms with Crippen LogP contribution in [0.3, 0.4) is 0 Å². The van der Waals surface area contributed by atoms with Crippen molar-refractivity contribution in [3.63, 3.8) is 0 Å². The molecule has 0 radical (unpaired) electrons. The maximum absolute atomic E-state index is 5.89. The quantitative estimate of drug-likeness (QED) is 0.298. The molecule has 2 N–H and O–H groups in total. The molecule has 0 fully saturated rings. The third-order valence-corrected chi connectivity index (χ3v) is 6.13. The third kappa shape index (κ3) is 3.05. The van der Waals surface area contributed by atoms with E-state index < -0.39 is 0 Å². The normalized spacial score (nSPS) is 11.2. The van der Waals surface area contributed by atoms with Crippen molar-refractivity contribution >= 4 is 27.5 Å². The number of nitrogens with zero attached hydrogens (tertiary/aromatic N) is 1. The molecule has 2 heteroatoms. The van der Waals surface area contributed by atoms with E-state index >= 15 is 0 Å². The number of nitrogen functional groups attached to an aromatic ring is 1. The van der Waals surface area contributed by atoms with Crippen molar-refractivity contribution in [3.05, 3.63) is 121 Å². The summed E-state index contributed by atoms with van der Waals surface area (Å²) in [6.45, 7) is 0. The number of para-hydroxylation sites is 1. The molecule has 0 aliphatic carbocycles. The van der Waals surface area contributed by atoms with Gasteiger partial charge in [-0.25, -0.2) is 0 Å². The van der Waals surface area contributed by atoms with Crippen LogP contribution in [0.1, 0.15) is 0 Å². The second-order valence-corrected chi connectivity index (χ2v) is 8.12. The van der Waals surface area contributed by atoms with Crippen molar-refractivity contribution in [1.29, 1.82) is 0 Å². The van der Waals surface area contributed by atoms with Crippen LogP contribution < -0.4 is 5.73 Å². The van der Waals surface area contributed by atoms with Crippen LogP contribution in [0.5, 0.6) is 0 Å². The summed E-state index contributed by atoms with van der Waals surface area (Å²) >= 11 is 0. The molecule has 0 amide bonds. The van der Waals surface area contributed by atoms with E-state index in [0.717, 1.165) is 11.4 Å². The Balaban J connectivity index is 1.58. The van der Waals surface area contributed by atoms with Crippen LogP contribution in [0.4, 0.5) is 5.69 Å². The molecule has 2 nitrogen and oxygen atoms in total. The predicted molar refractivity (Wildman–Crippen MR) is 136 cm³/mol. The topological polar surface area (TPSA) is 30.9 Å². The van der Waals surface area contributed by atoms with Gasteiger partial charge in [0.2, 0.25) is 0 Å². The zero-order valence-electron chi connectivity index (χ0n) is 17.6. The fourth-order valence-electron chi connectivity index (χ4n) is 4.56. The average Bonchev–Trinajstić information content (AvgIpc) is 3.19. The van der Waals surface area contributed by atoms with Gasteiger partial charge in [-0.05, 0) is 64.7 Å². The van der Waals surface area contributed by atoms with Crippen LogP contribution in [0, 0.1) is 0 Å². The Morgan fingerprint density at radius 1 is 0.438 bits per heavy atom. The van der Waals surface area contributed by atoms with Crippen LogP contribution in [-0.2, 0) is 0 Å². The SMILES string of the molecule is Nc1ccc(-c2ccc3c(c2)c2ccccc2n3-c2cccc(-c3ccccc3)c2)cc1. The predicted octanol–water partition coefficient (Wildman–Crippen LogP) is 7.70. The fourth-order valence-corrected chi connectivity index (χ4v) is 4.56. The molecule has 5 aromatic carbocycles. The number of benzene rings is 5. The molecule has 0 saturated heterocycles. The van der Waals surface area contributed by atoms with Crippen LogP contribution in [0.2, 0.25) is 0 Å². The first-order chi connectivity index (χ1) is 15.8. The van der Waals surface area contributed by atoms with Crippen molar-refractivity contribution in [2.24, 2.45) is 0 Å². The lowest BCUT2D eigenvalue weighted by molar-refractivity contribution is 1.18. The number of hydrogen-bond acceptors (Lipinski definition) is 1. The molecular weight excluding hydrogens is 388 g/mol. The zero-order chi connectivity index (χ0) is 21.5. The molecule has 6 rings (SSSR count). The maximum Gasteiger partial charge on any atom is 0.0541 e. The highest BCUT2D eigenvalue weighted by Gasteiger charge is 2.13. The molecule has 0 bridgehead atoms. The fraction of sp³-hybridized carbons (Fsp3) is 0. The van der Waals surface area contributed by atoms with Gasteiger partial charge in [0, 0.05) is 22.1 Å². The number of rotatable bonds is 3. The Bertz CT molecular complexity index is 1560. The Morgan fingerprint density at radius 3 is 1.91 bits per heavy atom. The second-order valence-electron chi connectivity index (χ2n) is 8.12. The molecule has 32 heavy (non-hydrogen) atoms. The highest BCUT2D eigenvalue weighted by molar-refractivity contribution is 6.10. The monoisotopic (exact) mass is 410 g/mol. The first-order valence-electron chi connectivity index (χ1n) is 10.8. The first-order valence-corrected chi connectivity index (χ1v) is 10.8. The summed E-state index contributed by atoms with van der Waals surface area (Å²) in [6, 6.07) is 42.7. The van der Waals surface area contributed by atoms with E-state index in [1.54, 1.807) is 0 Å². The van der Waals surface area contributed by atoms with Gasteiger partial charge in [-0.1, -0.05) is 78.9 Å². The molecule has 6 aromatic rings. The molecule has 0 atom stereocenters. The van der Waals surface area contributed by atoms with E-state index in [4.69, 9.17) is 5.73 Å². The molecule has 1 aromatic heterocycles. The zero-order valence-corrected chi connectivity index (χ0v) is 17.6. The summed E-state index contributed by atoms with van der Waals surface area (Å²) < 4.78 is 2.36. The van der Waals surface area contributed by atoms with Crippen molar-refractivity contribution in [3.8, 4) is 27.9 Å². The van der Waals surface area contributed by atoms with Crippen LogP contribution in [-0.4, -0.2) is 4.57 Å². The van der Waals surface area contributed by atoms with E-state index in [1.165, 1.54) is 44.1 Å². The summed E-state index contributed by atoms with van der Waals surface area (Å²) in [5, 5.41) is 2.50. The van der Waals surface area contributed by atoms with Crippen molar-refractivity contribution in [1.82, 2.24) is 4.57 Å². The van der Waals surface area contributed by atoms with Gasteiger partial charge in [0.15, 0.2) is 0 Å². The number of fused-ring (bicyclic) bond motifs is 3. The van der Waals surface area contributed by atoms with E-state index in [1.807, 2.05) is 12.1 Å². The Labute approximate surface area is 187 Å². The molecule has 0 unspecified atom stereocenters. The Hall–Kier alpha value is -4.30. The van der Waals surface area contributed by atoms with Gasteiger partial charge in [-0.15, -0.1) is 0 Å². The van der Waals surface area contributed by atoms with E-state index in [-0.39, 0.29) is 0 Å². The Morgan fingerprint density at radius 2 is 1.06 bits per heavy atom. The Kier molecular flexibility index (Phi) is 4.29. The lowest BCUT2D eigenvalue weighted by Crippen LogP contribution is -1.94. The number of hydrogen-bond donors (Lipinski definition) is 1. The number of anilines is 1.